The van der Waals surface area contributed by atoms with Crippen LogP contribution in [0.15, 0.2) is 0 Å². The Bertz CT molecular complexity index is 1020. The van der Waals surface area contributed by atoms with Gasteiger partial charge in [-0.05, 0) is 87.8 Å². The topological polar surface area (TPSA) is 65.0 Å². The largest absolute Gasteiger partial charge is 0.527 e. The minimum atomic E-state index is -4.23. The van der Waals surface area contributed by atoms with Gasteiger partial charge in [0.25, 0.3) is 0 Å². The molecule has 1 aliphatic rings. The maximum atomic E-state index is 12.8. The van der Waals surface area contributed by atoms with Crippen molar-refractivity contribution in [2.24, 2.45) is 17.8 Å². The van der Waals surface area contributed by atoms with Crippen LogP contribution in [-0.4, -0.2) is 49.3 Å². The summed E-state index contributed by atoms with van der Waals surface area (Å²) in [6.07, 6.45) is 13.4. The van der Waals surface area contributed by atoms with Crippen LogP contribution in [0.1, 0.15) is 121 Å². The van der Waals surface area contributed by atoms with Crippen molar-refractivity contribution >= 4 is 7.82 Å². The van der Waals surface area contributed by atoms with Crippen LogP contribution in [0, 0.1) is 38.5 Å². The Balaban J connectivity index is 1.91. The number of likely N-dealkylation sites (N-methyl/N-ethyl adjacent to an activating group) is 1. The van der Waals surface area contributed by atoms with Gasteiger partial charge < -0.3 is 13.7 Å². The van der Waals surface area contributed by atoms with Crippen LogP contribution < -0.4 is 9.26 Å². The molecule has 0 fully saturated rings. The van der Waals surface area contributed by atoms with E-state index >= 15 is 0 Å². The van der Waals surface area contributed by atoms with Crippen LogP contribution >= 0.6 is 7.82 Å². The minimum Gasteiger partial charge on any atom is -0.487 e. The summed E-state index contributed by atoms with van der Waals surface area (Å²) >= 11 is 0. The zero-order valence-electron chi connectivity index (χ0n) is 28.4. The van der Waals surface area contributed by atoms with Crippen molar-refractivity contribution in [2.75, 3.05) is 34.3 Å². The van der Waals surface area contributed by atoms with Crippen LogP contribution in [0.3, 0.4) is 0 Å². The summed E-state index contributed by atoms with van der Waals surface area (Å²) in [5, 5.41) is 0. The Kier molecular flexibility index (Phi) is 13.7. The Hall–Kier alpha value is -1.07. The zero-order valence-corrected chi connectivity index (χ0v) is 29.3. The number of phosphoric acid groups is 1. The Morgan fingerprint density at radius 2 is 1.46 bits per heavy atom. The summed E-state index contributed by atoms with van der Waals surface area (Å²) in [4.78, 5) is 10.4. The number of fused-ring (bicyclic) bond motifs is 1. The highest BCUT2D eigenvalue weighted by molar-refractivity contribution is 7.47. The van der Waals surface area contributed by atoms with Crippen LogP contribution in [0.25, 0.3) is 0 Å². The maximum absolute atomic E-state index is 12.8. The molecule has 1 aliphatic heterocycles. The van der Waals surface area contributed by atoms with E-state index in [1.165, 1.54) is 51.4 Å². The summed E-state index contributed by atoms with van der Waals surface area (Å²) < 4.78 is 31.1. The van der Waals surface area contributed by atoms with Gasteiger partial charge >= 0.3 is 7.82 Å². The molecule has 1 unspecified atom stereocenters. The van der Waals surface area contributed by atoms with Crippen molar-refractivity contribution in [3.63, 3.8) is 0 Å². The van der Waals surface area contributed by atoms with E-state index in [2.05, 4.69) is 34.6 Å². The second-order valence-electron chi connectivity index (χ2n) is 14.8. The van der Waals surface area contributed by atoms with Crippen molar-refractivity contribution < 1.29 is 27.7 Å². The first-order chi connectivity index (χ1) is 18.9. The van der Waals surface area contributed by atoms with Gasteiger partial charge in [-0.15, -0.1) is 0 Å². The lowest BCUT2D eigenvalue weighted by molar-refractivity contribution is -0.870. The number of benzene rings is 1. The fraction of sp³-hybridized carbons (Fsp3) is 0.824. The first kappa shape index (κ1) is 36.1. The van der Waals surface area contributed by atoms with Crippen molar-refractivity contribution in [2.45, 2.75) is 132 Å². The highest BCUT2D eigenvalue weighted by Crippen LogP contribution is 2.50. The Morgan fingerprint density at radius 1 is 0.902 bits per heavy atom. The van der Waals surface area contributed by atoms with Crippen molar-refractivity contribution in [1.82, 2.24) is 0 Å². The molecular formula is C34H63NO5P+. The number of phosphoric ester groups is 1. The van der Waals surface area contributed by atoms with Gasteiger partial charge in [-0.3, -0.25) is 9.42 Å². The lowest BCUT2D eigenvalue weighted by Crippen LogP contribution is -2.37. The summed E-state index contributed by atoms with van der Waals surface area (Å²) in [6.45, 7) is 18.4. The van der Waals surface area contributed by atoms with Crippen LogP contribution in [0.2, 0.25) is 0 Å². The monoisotopic (exact) mass is 596 g/mol. The van der Waals surface area contributed by atoms with Gasteiger partial charge in [0.2, 0.25) is 0 Å². The lowest BCUT2D eigenvalue weighted by Gasteiger charge is -2.38. The van der Waals surface area contributed by atoms with E-state index in [4.69, 9.17) is 13.8 Å². The number of ether oxygens (including phenoxy) is 1. The normalized spacial score (nSPS) is 20.3. The predicted molar refractivity (Wildman–Crippen MR) is 172 cm³/mol. The van der Waals surface area contributed by atoms with E-state index in [1.54, 1.807) is 0 Å². The molecule has 0 aliphatic carbocycles. The third-order valence-electron chi connectivity index (χ3n) is 9.06. The number of nitrogens with zero attached hydrogens (tertiary/aromatic N) is 1. The smallest absolute Gasteiger partial charge is 0.487 e. The Labute approximate surface area is 252 Å². The van der Waals surface area contributed by atoms with E-state index in [1.807, 2.05) is 41.9 Å². The molecule has 0 amide bonds. The minimum absolute atomic E-state index is 0.150. The molecule has 1 aromatic carbocycles. The first-order valence-corrected chi connectivity index (χ1v) is 17.7. The molecule has 0 radical (unpaired) electrons. The SMILES string of the molecule is Cc1c(C)c2c(c(C)c1OP(=O)(O)OCC[N+](C)(C)C)CC[C@@](C)(CCC[C@H](C)CCC[C@H](C)CCCC(C)C)O2. The maximum Gasteiger partial charge on any atom is 0.527 e. The van der Waals surface area contributed by atoms with Gasteiger partial charge in [-0.2, -0.15) is 0 Å². The number of rotatable bonds is 18. The molecule has 0 spiro atoms. The van der Waals surface area contributed by atoms with E-state index in [-0.39, 0.29) is 12.2 Å². The van der Waals surface area contributed by atoms with Crippen molar-refractivity contribution in [1.29, 1.82) is 0 Å². The molecular weight excluding hydrogens is 533 g/mol. The average molecular weight is 597 g/mol. The lowest BCUT2D eigenvalue weighted by atomic mass is 9.84. The highest BCUT2D eigenvalue weighted by Gasteiger charge is 2.36. The fourth-order valence-corrected chi connectivity index (χ4v) is 6.84. The highest BCUT2D eigenvalue weighted by atomic mass is 31.2. The van der Waals surface area contributed by atoms with Gasteiger partial charge in [0.05, 0.1) is 21.1 Å². The predicted octanol–water partition coefficient (Wildman–Crippen LogP) is 9.34. The molecule has 1 N–H and O–H groups in total. The van der Waals surface area contributed by atoms with Gasteiger partial charge in [0.1, 0.15) is 30.3 Å². The molecule has 41 heavy (non-hydrogen) atoms. The standard InChI is InChI=1S/C34H62NO5P/c1-25(2)15-12-16-26(3)17-13-18-27(4)19-14-21-34(8)22-20-31-30(7)32(28(5)29(6)33(31)39-34)40-41(36,37)38-24-23-35(9,10)11/h25-27H,12-24H2,1-11H3/p+1/t26-,27-,34-/m1/s1. The molecule has 1 aromatic rings. The van der Waals surface area contributed by atoms with Gasteiger partial charge in [0, 0.05) is 5.56 Å². The molecule has 2 rings (SSSR count). The molecule has 0 bridgehead atoms. The first-order valence-electron chi connectivity index (χ1n) is 16.2. The molecule has 0 saturated heterocycles. The van der Waals surface area contributed by atoms with E-state index in [0.29, 0.717) is 16.8 Å². The molecule has 0 saturated carbocycles. The second kappa shape index (κ2) is 15.6. The average Bonchev–Trinajstić information content (AvgIpc) is 2.84. The van der Waals surface area contributed by atoms with Crippen molar-refractivity contribution in [3.05, 3.63) is 22.3 Å². The van der Waals surface area contributed by atoms with Crippen LogP contribution in [0.5, 0.6) is 11.5 Å². The fourth-order valence-electron chi connectivity index (χ4n) is 5.97. The number of quaternary nitrogens is 1. The van der Waals surface area contributed by atoms with Gasteiger partial charge in [-0.25, -0.2) is 4.57 Å². The van der Waals surface area contributed by atoms with Crippen LogP contribution in [-0.2, 0) is 15.5 Å². The summed E-state index contributed by atoms with van der Waals surface area (Å²) in [6, 6.07) is 0. The quantitative estimate of drug-likeness (QED) is 0.135. The second-order valence-corrected chi connectivity index (χ2v) is 16.2. The zero-order chi connectivity index (χ0) is 31.0. The molecule has 1 heterocycles. The molecule has 4 atom stereocenters. The summed E-state index contributed by atoms with van der Waals surface area (Å²) in [7, 11) is 1.81. The summed E-state index contributed by atoms with van der Waals surface area (Å²) in [5.74, 6) is 3.80. The van der Waals surface area contributed by atoms with E-state index < -0.39 is 7.82 Å². The molecule has 238 valence electrons. The third-order valence-corrected chi connectivity index (χ3v) is 9.98. The molecule has 0 aromatic heterocycles. The third kappa shape index (κ3) is 12.2. The Morgan fingerprint density at radius 3 is 2.02 bits per heavy atom. The molecule has 7 heteroatoms. The molecule has 6 nitrogen and oxygen atoms in total. The van der Waals surface area contributed by atoms with E-state index in [0.717, 1.165) is 65.0 Å². The van der Waals surface area contributed by atoms with E-state index in [9.17, 15) is 9.46 Å². The van der Waals surface area contributed by atoms with Gasteiger partial charge in [0.15, 0.2) is 0 Å². The van der Waals surface area contributed by atoms with Crippen molar-refractivity contribution in [3.8, 4) is 11.5 Å². The van der Waals surface area contributed by atoms with Gasteiger partial charge in [-0.1, -0.05) is 72.6 Å². The summed E-state index contributed by atoms with van der Waals surface area (Å²) in [5.41, 5.74) is 3.59. The number of hydrogen-bond acceptors (Lipinski definition) is 4. The number of hydrogen-bond donors (Lipinski definition) is 1. The van der Waals surface area contributed by atoms with Crippen LogP contribution in [0.4, 0.5) is 0 Å².